The maximum absolute atomic E-state index is 13.2. The molecule has 3 aliphatic rings. The van der Waals surface area contributed by atoms with Crippen LogP contribution < -0.4 is 10.2 Å². The first-order valence-electron chi connectivity index (χ1n) is 10.2. The molecule has 0 aromatic carbocycles. The van der Waals surface area contributed by atoms with Gasteiger partial charge in [0, 0.05) is 43.7 Å². The van der Waals surface area contributed by atoms with Gasteiger partial charge >= 0.3 is 0 Å². The van der Waals surface area contributed by atoms with Gasteiger partial charge in [0.1, 0.15) is 0 Å². The van der Waals surface area contributed by atoms with Crippen molar-refractivity contribution in [3.63, 3.8) is 0 Å². The Morgan fingerprint density at radius 3 is 2.90 bits per heavy atom. The number of nitrogens with zero attached hydrogens (tertiary/aromatic N) is 4. The summed E-state index contributed by atoms with van der Waals surface area (Å²) in [5.74, 6) is 0.794. The highest BCUT2D eigenvalue weighted by Gasteiger charge is 2.63. The van der Waals surface area contributed by atoms with Gasteiger partial charge in [-0.05, 0) is 37.0 Å². The number of ether oxygens (including phenoxy) is 1. The Balaban J connectivity index is 1.19. The van der Waals surface area contributed by atoms with Crippen molar-refractivity contribution in [3.05, 3.63) is 48.3 Å². The van der Waals surface area contributed by atoms with Crippen molar-refractivity contribution in [1.82, 2.24) is 20.3 Å². The van der Waals surface area contributed by atoms with Gasteiger partial charge in [-0.1, -0.05) is 0 Å². The van der Waals surface area contributed by atoms with Crippen LogP contribution in [0.4, 0.5) is 10.3 Å². The highest BCUT2D eigenvalue weighted by atomic mass is 19.1. The summed E-state index contributed by atoms with van der Waals surface area (Å²) >= 11 is 0. The maximum atomic E-state index is 13.2. The summed E-state index contributed by atoms with van der Waals surface area (Å²) in [6.45, 7) is 2.14. The summed E-state index contributed by atoms with van der Waals surface area (Å²) in [5.41, 5.74) is 0.928. The minimum absolute atomic E-state index is 0.0651. The third kappa shape index (κ3) is 3.46. The largest absolute Gasteiger partial charge is 0.369 e. The van der Waals surface area contributed by atoms with E-state index in [-0.39, 0.29) is 17.6 Å². The van der Waals surface area contributed by atoms with E-state index in [0.717, 1.165) is 31.5 Å². The number of anilines is 1. The lowest BCUT2D eigenvalue weighted by Crippen LogP contribution is -2.41. The van der Waals surface area contributed by atoms with Crippen molar-refractivity contribution in [2.75, 3.05) is 24.5 Å². The monoisotopic (exact) mass is 397 g/mol. The highest BCUT2D eigenvalue weighted by Crippen LogP contribution is 2.54. The van der Waals surface area contributed by atoms with E-state index in [0.29, 0.717) is 37.2 Å². The first kappa shape index (κ1) is 18.4. The van der Waals surface area contributed by atoms with E-state index in [1.54, 1.807) is 12.4 Å². The molecule has 29 heavy (non-hydrogen) atoms. The van der Waals surface area contributed by atoms with E-state index in [9.17, 15) is 9.18 Å². The Morgan fingerprint density at radius 1 is 1.31 bits per heavy atom. The smallest absolute Gasteiger partial charge is 0.225 e. The fourth-order valence-electron chi connectivity index (χ4n) is 5.21. The first-order valence-corrected chi connectivity index (χ1v) is 10.2. The number of halogens is 1. The molecule has 0 unspecified atom stereocenters. The second kappa shape index (κ2) is 7.33. The third-order valence-electron chi connectivity index (χ3n) is 6.60. The molecule has 8 heteroatoms. The fourth-order valence-corrected chi connectivity index (χ4v) is 5.21. The van der Waals surface area contributed by atoms with Crippen LogP contribution in [0.1, 0.15) is 24.8 Å². The van der Waals surface area contributed by atoms with Crippen LogP contribution in [0, 0.1) is 17.7 Å². The van der Waals surface area contributed by atoms with Crippen molar-refractivity contribution in [1.29, 1.82) is 0 Å². The molecule has 1 N–H and O–H groups in total. The van der Waals surface area contributed by atoms with Crippen LogP contribution in [0.25, 0.3) is 0 Å². The average molecular weight is 397 g/mol. The lowest BCUT2D eigenvalue weighted by molar-refractivity contribution is -0.121. The van der Waals surface area contributed by atoms with Gasteiger partial charge in [-0.25, -0.2) is 14.4 Å². The lowest BCUT2D eigenvalue weighted by Gasteiger charge is -2.29. The van der Waals surface area contributed by atoms with Crippen LogP contribution in [0.15, 0.2) is 36.9 Å². The number of amides is 1. The molecular weight excluding hydrogens is 373 g/mol. The van der Waals surface area contributed by atoms with Gasteiger partial charge in [-0.2, -0.15) is 0 Å². The van der Waals surface area contributed by atoms with E-state index in [1.807, 2.05) is 12.1 Å². The Kier molecular flexibility index (Phi) is 4.66. The van der Waals surface area contributed by atoms with Gasteiger partial charge in [0.05, 0.1) is 30.6 Å². The molecule has 1 spiro atoms. The van der Waals surface area contributed by atoms with Crippen LogP contribution >= 0.6 is 0 Å². The molecule has 2 aromatic rings. The van der Waals surface area contributed by atoms with E-state index in [2.05, 4.69) is 25.2 Å². The Bertz CT molecular complexity index is 880. The van der Waals surface area contributed by atoms with E-state index in [4.69, 9.17) is 4.74 Å². The minimum Gasteiger partial charge on any atom is -0.369 e. The van der Waals surface area contributed by atoms with E-state index >= 15 is 0 Å². The predicted molar refractivity (Wildman–Crippen MR) is 104 cm³/mol. The Morgan fingerprint density at radius 2 is 2.10 bits per heavy atom. The summed E-state index contributed by atoms with van der Waals surface area (Å²) < 4.78 is 19.6. The fraction of sp³-hybridized carbons (Fsp3) is 0.524. The van der Waals surface area contributed by atoms with Gasteiger partial charge < -0.3 is 15.0 Å². The quantitative estimate of drug-likeness (QED) is 0.800. The molecule has 7 nitrogen and oxygen atoms in total. The minimum atomic E-state index is -0.434. The summed E-state index contributed by atoms with van der Waals surface area (Å²) in [4.78, 5) is 26.7. The van der Waals surface area contributed by atoms with Gasteiger partial charge in [0.15, 0.2) is 5.82 Å². The average Bonchev–Trinajstić information content (AvgIpc) is 3.40. The standard InChI is InChI=1S/C21H24FN5O2/c22-15-9-25-20(26-10-15)27-12-17-16(18-3-6-21(17,13-27)29-18)11-24-19(28)2-1-14-4-7-23-8-5-14/h4-5,7-10,16-18H,1-3,6,11-13H2,(H,24,28)/t16-,17+,18+,21+/m0/s1. The number of pyridine rings is 1. The van der Waals surface area contributed by atoms with Crippen LogP contribution in [0.2, 0.25) is 0 Å². The third-order valence-corrected chi connectivity index (χ3v) is 6.60. The van der Waals surface area contributed by atoms with E-state index < -0.39 is 5.82 Å². The number of fused-ring (bicyclic) bond motifs is 1. The molecule has 2 bridgehead atoms. The molecule has 1 amide bonds. The van der Waals surface area contributed by atoms with E-state index in [1.165, 1.54) is 12.4 Å². The molecular formula is C21H24FN5O2. The molecule has 0 aliphatic carbocycles. The normalized spacial score (nSPS) is 29.8. The number of carbonyl (C=O) groups excluding carboxylic acids is 1. The second-order valence-corrected chi connectivity index (χ2v) is 8.27. The molecule has 2 aromatic heterocycles. The summed E-state index contributed by atoms with van der Waals surface area (Å²) in [5, 5.41) is 3.12. The number of hydrogen-bond donors (Lipinski definition) is 1. The molecule has 5 heterocycles. The highest BCUT2D eigenvalue weighted by molar-refractivity contribution is 5.76. The zero-order valence-corrected chi connectivity index (χ0v) is 16.1. The topological polar surface area (TPSA) is 80.2 Å². The van der Waals surface area contributed by atoms with Crippen LogP contribution in [0.3, 0.4) is 0 Å². The van der Waals surface area contributed by atoms with Crippen molar-refractivity contribution in [2.24, 2.45) is 11.8 Å². The summed E-state index contributed by atoms with van der Waals surface area (Å²) in [6, 6.07) is 3.87. The van der Waals surface area contributed by atoms with Crippen LogP contribution in [-0.2, 0) is 16.0 Å². The number of aryl methyl sites for hydroxylation is 1. The number of aromatic nitrogens is 3. The zero-order chi connectivity index (χ0) is 19.8. The van der Waals surface area contributed by atoms with Crippen LogP contribution in [0.5, 0.6) is 0 Å². The number of hydrogen-bond acceptors (Lipinski definition) is 6. The molecule has 0 radical (unpaired) electrons. The summed E-state index contributed by atoms with van der Waals surface area (Å²) in [7, 11) is 0. The SMILES string of the molecule is O=C(CCc1ccncc1)NC[C@H]1[C@H]2CN(c3ncc(F)cn3)C[C@]23CC[C@H]1O3. The van der Waals surface area contributed by atoms with Crippen molar-refractivity contribution < 1.29 is 13.9 Å². The molecule has 0 saturated carbocycles. The van der Waals surface area contributed by atoms with Crippen molar-refractivity contribution >= 4 is 11.9 Å². The predicted octanol–water partition coefficient (Wildman–Crippen LogP) is 1.74. The molecule has 5 rings (SSSR count). The van der Waals surface area contributed by atoms with Gasteiger partial charge in [-0.15, -0.1) is 0 Å². The Labute approximate surface area is 168 Å². The second-order valence-electron chi connectivity index (χ2n) is 8.27. The molecule has 152 valence electrons. The lowest BCUT2D eigenvalue weighted by atomic mass is 9.73. The molecule has 3 aliphatic heterocycles. The first-order chi connectivity index (χ1) is 14.1. The zero-order valence-electron chi connectivity index (χ0n) is 16.1. The number of nitrogens with one attached hydrogen (secondary N) is 1. The Hall–Kier alpha value is -2.61. The number of rotatable bonds is 6. The maximum Gasteiger partial charge on any atom is 0.225 e. The number of carbonyl (C=O) groups is 1. The van der Waals surface area contributed by atoms with Gasteiger partial charge in [-0.3, -0.25) is 9.78 Å². The molecule has 3 saturated heterocycles. The van der Waals surface area contributed by atoms with Crippen molar-refractivity contribution in [2.45, 2.75) is 37.4 Å². The molecule has 3 fully saturated rings. The summed E-state index contributed by atoms with van der Waals surface area (Å²) in [6.07, 6.45) is 9.32. The van der Waals surface area contributed by atoms with Crippen LogP contribution in [-0.4, -0.2) is 52.2 Å². The van der Waals surface area contributed by atoms with Gasteiger partial charge in [0.25, 0.3) is 0 Å². The van der Waals surface area contributed by atoms with Crippen molar-refractivity contribution in [3.8, 4) is 0 Å². The molecule has 4 atom stereocenters. The van der Waals surface area contributed by atoms with Gasteiger partial charge in [0.2, 0.25) is 11.9 Å².